The zero-order valence-electron chi connectivity index (χ0n) is 9.13. The van der Waals surface area contributed by atoms with Crippen LogP contribution in [0.5, 0.6) is 0 Å². The topological polar surface area (TPSA) is 41.3 Å². The molecule has 0 saturated carbocycles. The highest BCUT2D eigenvalue weighted by atomic mass is 32.2. The summed E-state index contributed by atoms with van der Waals surface area (Å²) in [4.78, 5) is 2.23. The van der Waals surface area contributed by atoms with E-state index in [9.17, 15) is 5.11 Å². The van der Waals surface area contributed by atoms with E-state index in [0.717, 1.165) is 23.6 Å². The Hall–Kier alpha value is -0.520. The third kappa shape index (κ3) is 2.35. The fourth-order valence-electron chi connectivity index (χ4n) is 1.85. The van der Waals surface area contributed by atoms with Gasteiger partial charge in [-0.25, -0.2) is 0 Å². The maximum atomic E-state index is 10.2. The van der Waals surface area contributed by atoms with E-state index in [1.807, 2.05) is 25.0 Å². The molecule has 0 aromatic carbocycles. The lowest BCUT2D eigenvalue weighted by atomic mass is 10.1. The first-order chi connectivity index (χ1) is 7.18. The maximum absolute atomic E-state index is 10.2. The van der Waals surface area contributed by atoms with Crippen molar-refractivity contribution in [3.8, 4) is 0 Å². The molecular formula is C10H17N3OS. The molecule has 1 aromatic heterocycles. The number of aromatic nitrogens is 2. The molecule has 84 valence electrons. The van der Waals surface area contributed by atoms with Crippen molar-refractivity contribution in [3.05, 3.63) is 18.0 Å². The van der Waals surface area contributed by atoms with Gasteiger partial charge in [-0.15, -0.1) is 0 Å². The van der Waals surface area contributed by atoms with Gasteiger partial charge in [-0.3, -0.25) is 9.58 Å². The van der Waals surface area contributed by atoms with E-state index in [-0.39, 0.29) is 6.04 Å². The molecule has 1 aromatic rings. The second-order valence-corrected chi connectivity index (χ2v) is 5.16. The Kier molecular flexibility index (Phi) is 3.33. The minimum absolute atomic E-state index is 0.216. The van der Waals surface area contributed by atoms with Crippen LogP contribution >= 0.6 is 11.8 Å². The summed E-state index contributed by atoms with van der Waals surface area (Å²) < 4.78 is 1.73. The lowest BCUT2D eigenvalue weighted by molar-refractivity contribution is 0.0758. The minimum Gasteiger partial charge on any atom is -0.387 e. The first kappa shape index (κ1) is 11.0. The Morgan fingerprint density at radius 1 is 1.60 bits per heavy atom. The highest BCUT2D eigenvalue weighted by molar-refractivity contribution is 7.99. The van der Waals surface area contributed by atoms with Gasteiger partial charge in [-0.1, -0.05) is 0 Å². The first-order valence-corrected chi connectivity index (χ1v) is 6.28. The average molecular weight is 227 g/mol. The Labute approximate surface area is 94.3 Å². The van der Waals surface area contributed by atoms with Gasteiger partial charge in [-0.05, 0) is 7.05 Å². The smallest absolute Gasteiger partial charge is 0.0983 e. The van der Waals surface area contributed by atoms with Crippen LogP contribution in [0.2, 0.25) is 0 Å². The summed E-state index contributed by atoms with van der Waals surface area (Å²) in [6, 6.07) is 0.216. The molecule has 4 nitrogen and oxygen atoms in total. The van der Waals surface area contributed by atoms with Crippen LogP contribution in [-0.2, 0) is 7.05 Å². The van der Waals surface area contributed by atoms with Crippen molar-refractivity contribution in [3.63, 3.8) is 0 Å². The normalized spacial score (nSPS) is 25.4. The quantitative estimate of drug-likeness (QED) is 0.799. The third-order valence-electron chi connectivity index (χ3n) is 2.87. The number of hydrogen-bond acceptors (Lipinski definition) is 4. The van der Waals surface area contributed by atoms with E-state index < -0.39 is 6.10 Å². The Morgan fingerprint density at radius 3 is 3.00 bits per heavy atom. The maximum Gasteiger partial charge on any atom is 0.0983 e. The highest BCUT2D eigenvalue weighted by Crippen LogP contribution is 2.26. The first-order valence-electron chi connectivity index (χ1n) is 5.13. The molecule has 5 heteroatoms. The fourth-order valence-corrected chi connectivity index (χ4v) is 3.11. The van der Waals surface area contributed by atoms with E-state index in [0.29, 0.717) is 0 Å². The molecule has 0 amide bonds. The summed E-state index contributed by atoms with van der Waals surface area (Å²) >= 11 is 1.91. The number of likely N-dealkylation sites (N-methyl/N-ethyl adjacent to an activating group) is 1. The molecule has 0 bridgehead atoms. The van der Waals surface area contributed by atoms with E-state index in [4.69, 9.17) is 0 Å². The second kappa shape index (κ2) is 4.55. The van der Waals surface area contributed by atoms with Crippen molar-refractivity contribution in [2.75, 3.05) is 25.1 Å². The number of rotatable bonds is 2. The van der Waals surface area contributed by atoms with Crippen LogP contribution in [0, 0.1) is 0 Å². The van der Waals surface area contributed by atoms with E-state index in [2.05, 4.69) is 17.0 Å². The van der Waals surface area contributed by atoms with Crippen molar-refractivity contribution in [2.45, 2.75) is 12.1 Å². The summed E-state index contributed by atoms with van der Waals surface area (Å²) in [7, 11) is 3.94. The van der Waals surface area contributed by atoms with Gasteiger partial charge in [0.1, 0.15) is 0 Å². The minimum atomic E-state index is -0.420. The van der Waals surface area contributed by atoms with Gasteiger partial charge in [0.2, 0.25) is 0 Å². The molecule has 2 atom stereocenters. The van der Waals surface area contributed by atoms with Gasteiger partial charge >= 0.3 is 0 Å². The van der Waals surface area contributed by atoms with E-state index >= 15 is 0 Å². The van der Waals surface area contributed by atoms with Crippen molar-refractivity contribution in [2.24, 2.45) is 7.05 Å². The number of aliphatic hydroxyl groups is 1. The summed E-state index contributed by atoms with van der Waals surface area (Å²) in [5.74, 6) is 2.15. The van der Waals surface area contributed by atoms with Crippen molar-refractivity contribution >= 4 is 11.8 Å². The number of thioether (sulfide) groups is 1. The van der Waals surface area contributed by atoms with Crippen molar-refractivity contribution in [1.82, 2.24) is 14.7 Å². The third-order valence-corrected chi connectivity index (χ3v) is 3.92. The summed E-state index contributed by atoms with van der Waals surface area (Å²) in [5, 5.41) is 14.3. The van der Waals surface area contributed by atoms with E-state index in [1.165, 1.54) is 0 Å². The van der Waals surface area contributed by atoms with Gasteiger partial charge in [0.15, 0.2) is 0 Å². The van der Waals surface area contributed by atoms with Gasteiger partial charge in [0, 0.05) is 42.9 Å². The lowest BCUT2D eigenvalue weighted by Crippen LogP contribution is -2.43. The Morgan fingerprint density at radius 2 is 2.40 bits per heavy atom. The van der Waals surface area contributed by atoms with Crippen LogP contribution in [0.3, 0.4) is 0 Å². The molecule has 0 spiro atoms. The lowest BCUT2D eigenvalue weighted by Gasteiger charge is -2.34. The SMILES string of the molecule is CN1CCSCC1C(O)c1cnn(C)c1. The molecule has 0 aliphatic carbocycles. The number of aryl methyl sites for hydroxylation is 1. The Bertz CT molecular complexity index is 328. The monoisotopic (exact) mass is 227 g/mol. The largest absolute Gasteiger partial charge is 0.387 e. The Balaban J connectivity index is 2.09. The van der Waals surface area contributed by atoms with Crippen molar-refractivity contribution in [1.29, 1.82) is 0 Å². The van der Waals surface area contributed by atoms with Crippen LogP contribution in [0.1, 0.15) is 11.7 Å². The van der Waals surface area contributed by atoms with Gasteiger partial charge in [0.05, 0.1) is 12.3 Å². The molecule has 1 fully saturated rings. The molecule has 1 aliphatic rings. The number of aliphatic hydroxyl groups excluding tert-OH is 1. The molecule has 1 aliphatic heterocycles. The molecule has 2 unspecified atom stereocenters. The summed E-state index contributed by atoms with van der Waals surface area (Å²) in [6.07, 6.45) is 3.21. The molecule has 15 heavy (non-hydrogen) atoms. The van der Waals surface area contributed by atoms with Crippen LogP contribution in [0.25, 0.3) is 0 Å². The van der Waals surface area contributed by atoms with Crippen LogP contribution < -0.4 is 0 Å². The molecular weight excluding hydrogens is 210 g/mol. The molecule has 0 radical (unpaired) electrons. The zero-order chi connectivity index (χ0) is 10.8. The highest BCUT2D eigenvalue weighted by Gasteiger charge is 2.28. The molecule has 1 N–H and O–H groups in total. The van der Waals surface area contributed by atoms with Crippen LogP contribution in [0.4, 0.5) is 0 Å². The number of hydrogen-bond donors (Lipinski definition) is 1. The molecule has 1 saturated heterocycles. The van der Waals surface area contributed by atoms with Gasteiger partial charge in [-0.2, -0.15) is 16.9 Å². The summed E-state index contributed by atoms with van der Waals surface area (Å²) in [6.45, 7) is 1.05. The average Bonchev–Trinajstić information content (AvgIpc) is 2.65. The zero-order valence-corrected chi connectivity index (χ0v) is 9.94. The summed E-state index contributed by atoms with van der Waals surface area (Å²) in [5.41, 5.74) is 0.914. The number of nitrogens with zero attached hydrogens (tertiary/aromatic N) is 3. The second-order valence-electron chi connectivity index (χ2n) is 4.02. The molecule has 2 rings (SSSR count). The van der Waals surface area contributed by atoms with Crippen LogP contribution in [-0.4, -0.2) is 50.9 Å². The van der Waals surface area contributed by atoms with Crippen LogP contribution in [0.15, 0.2) is 12.4 Å². The molecule has 2 heterocycles. The standard InChI is InChI=1S/C10H17N3OS/c1-12-3-4-15-7-9(12)10(14)8-5-11-13(2)6-8/h5-6,9-10,14H,3-4,7H2,1-2H3. The van der Waals surface area contributed by atoms with Crippen molar-refractivity contribution < 1.29 is 5.11 Å². The van der Waals surface area contributed by atoms with Gasteiger partial charge < -0.3 is 5.11 Å². The predicted molar refractivity (Wildman–Crippen MR) is 61.9 cm³/mol. The van der Waals surface area contributed by atoms with Gasteiger partial charge in [0.25, 0.3) is 0 Å². The van der Waals surface area contributed by atoms with E-state index in [1.54, 1.807) is 10.9 Å². The fraction of sp³-hybridized carbons (Fsp3) is 0.700. The predicted octanol–water partition coefficient (Wildman–Crippen LogP) is 0.501.